The van der Waals surface area contributed by atoms with Gasteiger partial charge >= 0.3 is 0 Å². The van der Waals surface area contributed by atoms with Gasteiger partial charge in [0.05, 0.1) is 40.6 Å². The molecule has 0 saturated heterocycles. The van der Waals surface area contributed by atoms with E-state index in [2.05, 4.69) is 19.2 Å². The third-order valence-electron chi connectivity index (χ3n) is 5.21. The van der Waals surface area contributed by atoms with Gasteiger partial charge in [0.1, 0.15) is 0 Å². The molecule has 32 heavy (non-hydrogen) atoms. The lowest BCUT2D eigenvalue weighted by molar-refractivity contribution is -0.117. The zero-order valence-electron chi connectivity index (χ0n) is 19.3. The van der Waals surface area contributed by atoms with Gasteiger partial charge in [-0.3, -0.25) is 4.79 Å². The Morgan fingerprint density at radius 2 is 1.62 bits per heavy atom. The van der Waals surface area contributed by atoms with Crippen LogP contribution in [0.4, 0.5) is 0 Å². The molecule has 1 N–H and O–H groups in total. The number of nitrogens with one attached hydrogen (secondary N) is 1. The lowest BCUT2D eigenvalue weighted by atomic mass is 9.95. The normalized spacial score (nSPS) is 14.1. The van der Waals surface area contributed by atoms with Crippen LogP contribution in [0.2, 0.25) is 0 Å². The second kappa shape index (κ2) is 10.8. The van der Waals surface area contributed by atoms with Crippen molar-refractivity contribution in [3.63, 3.8) is 0 Å². The number of methoxy groups -OCH3 is 3. The highest BCUT2D eigenvalue weighted by Crippen LogP contribution is 2.38. The third kappa shape index (κ3) is 5.46. The van der Waals surface area contributed by atoms with Gasteiger partial charge in [-0.2, -0.15) is 0 Å². The summed E-state index contributed by atoms with van der Waals surface area (Å²) in [6.45, 7) is 5.39. The van der Waals surface area contributed by atoms with Gasteiger partial charge in [0.25, 0.3) is 0 Å². The molecular formula is C25H31NO6. The van der Waals surface area contributed by atoms with Crippen LogP contribution in [0, 0.1) is 5.92 Å². The van der Waals surface area contributed by atoms with Crippen molar-refractivity contribution >= 4 is 12.0 Å². The Morgan fingerprint density at radius 3 is 2.22 bits per heavy atom. The number of ether oxygens (including phenoxy) is 5. The molecule has 1 atom stereocenters. The van der Waals surface area contributed by atoms with E-state index in [1.165, 1.54) is 6.08 Å². The molecule has 1 heterocycles. The van der Waals surface area contributed by atoms with Gasteiger partial charge in [-0.05, 0) is 47.4 Å². The zero-order valence-corrected chi connectivity index (χ0v) is 19.3. The van der Waals surface area contributed by atoms with Crippen molar-refractivity contribution in [1.29, 1.82) is 0 Å². The average molecular weight is 442 g/mol. The molecule has 0 bridgehead atoms. The number of hydrogen-bond donors (Lipinski definition) is 1. The number of amides is 1. The molecule has 0 unspecified atom stereocenters. The second-order valence-corrected chi connectivity index (χ2v) is 7.78. The van der Waals surface area contributed by atoms with Crippen LogP contribution in [0.25, 0.3) is 6.08 Å². The fourth-order valence-electron chi connectivity index (χ4n) is 3.58. The molecule has 7 heteroatoms. The Morgan fingerprint density at radius 1 is 0.969 bits per heavy atom. The van der Waals surface area contributed by atoms with Crippen LogP contribution in [0.1, 0.15) is 37.4 Å². The van der Waals surface area contributed by atoms with Gasteiger partial charge in [0.15, 0.2) is 23.0 Å². The van der Waals surface area contributed by atoms with Gasteiger partial charge in [0.2, 0.25) is 11.7 Å². The number of fused-ring (bicyclic) bond motifs is 1. The first-order chi connectivity index (χ1) is 15.5. The molecule has 2 aromatic rings. The van der Waals surface area contributed by atoms with E-state index >= 15 is 0 Å². The van der Waals surface area contributed by atoms with Crippen LogP contribution in [0.5, 0.6) is 28.7 Å². The highest BCUT2D eigenvalue weighted by molar-refractivity contribution is 5.92. The number of hydrogen-bond acceptors (Lipinski definition) is 6. The number of carbonyl (C=O) groups excluding carboxylic acids is 1. The molecule has 7 nitrogen and oxygen atoms in total. The summed E-state index contributed by atoms with van der Waals surface area (Å²) < 4.78 is 27.6. The predicted octanol–water partition coefficient (Wildman–Crippen LogP) is 4.40. The number of rotatable bonds is 8. The molecule has 172 valence electrons. The monoisotopic (exact) mass is 441 g/mol. The standard InChI is InChI=1S/C25H31NO6/c1-16(2)24(18-8-9-19-20(15-18)32-12-6-11-31-19)26-23(27)10-7-17-13-21(28-3)25(30-5)22(14-17)29-4/h7-10,13-16,24H,6,11-12H2,1-5H3,(H,26,27)/b10-7+/t24-/m1/s1. The van der Waals surface area contributed by atoms with Gasteiger partial charge in [-0.25, -0.2) is 0 Å². The molecule has 3 rings (SSSR count). The molecule has 1 aliphatic heterocycles. The minimum Gasteiger partial charge on any atom is -0.493 e. The Kier molecular flexibility index (Phi) is 7.87. The van der Waals surface area contributed by atoms with Crippen molar-refractivity contribution in [1.82, 2.24) is 5.32 Å². The number of carbonyl (C=O) groups is 1. The predicted molar refractivity (Wildman–Crippen MR) is 123 cm³/mol. The second-order valence-electron chi connectivity index (χ2n) is 7.78. The molecule has 1 aliphatic rings. The van der Waals surface area contributed by atoms with E-state index in [0.717, 1.165) is 23.3 Å². The van der Waals surface area contributed by atoms with E-state index in [9.17, 15) is 4.79 Å². The van der Waals surface area contributed by atoms with E-state index in [4.69, 9.17) is 23.7 Å². The summed E-state index contributed by atoms with van der Waals surface area (Å²) in [4.78, 5) is 12.7. The van der Waals surface area contributed by atoms with Crippen LogP contribution >= 0.6 is 0 Å². The fraction of sp³-hybridized carbons (Fsp3) is 0.400. The van der Waals surface area contributed by atoms with Crippen LogP contribution < -0.4 is 29.0 Å². The molecule has 2 aromatic carbocycles. The zero-order chi connectivity index (χ0) is 23.1. The van der Waals surface area contributed by atoms with Crippen molar-refractivity contribution in [3.8, 4) is 28.7 Å². The lowest BCUT2D eigenvalue weighted by Gasteiger charge is -2.23. The first kappa shape index (κ1) is 23.3. The van der Waals surface area contributed by atoms with Gasteiger partial charge < -0.3 is 29.0 Å². The van der Waals surface area contributed by atoms with Crippen LogP contribution in [-0.2, 0) is 4.79 Å². The highest BCUT2D eigenvalue weighted by Gasteiger charge is 2.20. The van der Waals surface area contributed by atoms with Gasteiger partial charge in [-0.1, -0.05) is 19.9 Å². The maximum Gasteiger partial charge on any atom is 0.244 e. The van der Waals surface area contributed by atoms with Crippen LogP contribution in [0.3, 0.4) is 0 Å². The molecule has 0 aliphatic carbocycles. The SMILES string of the molecule is COc1cc(/C=C/C(=O)N[C@@H](c2ccc3c(c2)OCCCO3)C(C)C)cc(OC)c1OC. The molecule has 1 amide bonds. The van der Waals surface area contributed by atoms with E-state index in [-0.39, 0.29) is 17.9 Å². The minimum atomic E-state index is -0.204. The van der Waals surface area contributed by atoms with Crippen LogP contribution in [0.15, 0.2) is 36.4 Å². The summed E-state index contributed by atoms with van der Waals surface area (Å²) in [7, 11) is 4.66. The molecule has 0 spiro atoms. The van der Waals surface area contributed by atoms with Gasteiger partial charge in [0, 0.05) is 12.5 Å². The summed E-state index contributed by atoms with van der Waals surface area (Å²) in [6.07, 6.45) is 4.06. The van der Waals surface area contributed by atoms with Crippen molar-refractivity contribution in [2.45, 2.75) is 26.3 Å². The highest BCUT2D eigenvalue weighted by atomic mass is 16.5. The minimum absolute atomic E-state index is 0.177. The summed E-state index contributed by atoms with van der Waals surface area (Å²) in [5, 5.41) is 3.10. The Labute approximate surface area is 189 Å². The summed E-state index contributed by atoms with van der Waals surface area (Å²) in [5.41, 5.74) is 1.73. The summed E-state index contributed by atoms with van der Waals surface area (Å²) >= 11 is 0. The summed E-state index contributed by atoms with van der Waals surface area (Å²) in [5.74, 6) is 2.99. The maximum atomic E-state index is 12.7. The van der Waals surface area contributed by atoms with E-state index in [0.29, 0.717) is 36.2 Å². The first-order valence-electron chi connectivity index (χ1n) is 10.6. The Hall–Kier alpha value is -3.35. The van der Waals surface area contributed by atoms with E-state index in [1.807, 2.05) is 18.2 Å². The topological polar surface area (TPSA) is 75.3 Å². The molecule has 0 aromatic heterocycles. The average Bonchev–Trinajstić information content (AvgIpc) is 3.05. The maximum absolute atomic E-state index is 12.7. The van der Waals surface area contributed by atoms with E-state index in [1.54, 1.807) is 39.5 Å². The van der Waals surface area contributed by atoms with Crippen molar-refractivity contribution < 1.29 is 28.5 Å². The van der Waals surface area contributed by atoms with Crippen molar-refractivity contribution in [3.05, 3.63) is 47.5 Å². The smallest absolute Gasteiger partial charge is 0.244 e. The quantitative estimate of drug-likeness (QED) is 0.612. The fourth-order valence-corrected chi connectivity index (χ4v) is 3.58. The van der Waals surface area contributed by atoms with Crippen LogP contribution in [-0.4, -0.2) is 40.5 Å². The van der Waals surface area contributed by atoms with Crippen molar-refractivity contribution in [2.75, 3.05) is 34.5 Å². The van der Waals surface area contributed by atoms with E-state index < -0.39 is 0 Å². The molecule has 0 saturated carbocycles. The van der Waals surface area contributed by atoms with Crippen molar-refractivity contribution in [2.24, 2.45) is 5.92 Å². The first-order valence-corrected chi connectivity index (χ1v) is 10.6. The summed E-state index contributed by atoms with van der Waals surface area (Å²) in [6, 6.07) is 9.23. The third-order valence-corrected chi connectivity index (χ3v) is 5.21. The molecule has 0 radical (unpaired) electrons. The largest absolute Gasteiger partial charge is 0.493 e. The molecular weight excluding hydrogens is 410 g/mol. The number of benzene rings is 2. The lowest BCUT2D eigenvalue weighted by Crippen LogP contribution is -2.30. The Balaban J connectivity index is 1.77. The Bertz CT molecular complexity index is 944. The van der Waals surface area contributed by atoms with Gasteiger partial charge in [-0.15, -0.1) is 0 Å². The molecule has 0 fully saturated rings.